The van der Waals surface area contributed by atoms with Crippen molar-refractivity contribution in [1.29, 1.82) is 0 Å². The van der Waals surface area contributed by atoms with E-state index in [1.165, 1.54) is 0 Å². The Morgan fingerprint density at radius 1 is 1.12 bits per heavy atom. The van der Waals surface area contributed by atoms with Crippen LogP contribution in [0.15, 0.2) is 79.4 Å². The maximum Gasteiger partial charge on any atom is 0.254 e. The van der Waals surface area contributed by atoms with Crippen LogP contribution in [0.1, 0.15) is 45.9 Å². The molecule has 4 aromatic rings. The van der Waals surface area contributed by atoms with Gasteiger partial charge in [-0.2, -0.15) is 5.10 Å². The molecule has 0 N–H and O–H groups in total. The minimum atomic E-state index is 0.0487. The summed E-state index contributed by atoms with van der Waals surface area (Å²) >= 11 is 0. The Bertz CT molecular complexity index is 1270. The monoisotopic (exact) mass is 453 g/mol. The number of piperidine rings is 1. The van der Waals surface area contributed by atoms with Crippen molar-refractivity contribution in [2.24, 2.45) is 0 Å². The highest BCUT2D eigenvalue weighted by atomic mass is 16.5. The predicted molar refractivity (Wildman–Crippen MR) is 129 cm³/mol. The molecule has 2 aromatic heterocycles. The van der Waals surface area contributed by atoms with Crippen LogP contribution in [0, 0.1) is 6.92 Å². The topological polar surface area (TPSA) is 73.1 Å². The molecular formula is C27H27N5O2. The van der Waals surface area contributed by atoms with Gasteiger partial charge in [-0.1, -0.05) is 30.3 Å². The summed E-state index contributed by atoms with van der Waals surface area (Å²) in [6, 6.07) is 17.5. The number of amides is 1. The highest BCUT2D eigenvalue weighted by molar-refractivity contribution is 5.95. The molecule has 7 heteroatoms. The predicted octanol–water partition coefficient (Wildman–Crippen LogP) is 4.84. The van der Waals surface area contributed by atoms with Gasteiger partial charge in [-0.15, -0.1) is 0 Å². The first-order chi connectivity index (χ1) is 16.7. The van der Waals surface area contributed by atoms with E-state index in [0.29, 0.717) is 19.0 Å². The number of aryl methyl sites for hydroxylation is 1. The first-order valence-electron chi connectivity index (χ1n) is 11.6. The van der Waals surface area contributed by atoms with Gasteiger partial charge < -0.3 is 9.64 Å². The van der Waals surface area contributed by atoms with Crippen molar-refractivity contribution in [2.45, 2.75) is 32.2 Å². The number of rotatable bonds is 6. The number of carbonyl (C=O) groups is 1. The smallest absolute Gasteiger partial charge is 0.254 e. The number of hydrogen-bond donors (Lipinski definition) is 0. The van der Waals surface area contributed by atoms with Crippen LogP contribution in [0.3, 0.4) is 0 Å². The Morgan fingerprint density at radius 3 is 2.88 bits per heavy atom. The average molecular weight is 454 g/mol. The van der Waals surface area contributed by atoms with Gasteiger partial charge in [0.15, 0.2) is 0 Å². The van der Waals surface area contributed by atoms with Crippen LogP contribution in [-0.4, -0.2) is 43.6 Å². The number of benzene rings is 2. The third-order valence-corrected chi connectivity index (χ3v) is 6.11. The van der Waals surface area contributed by atoms with E-state index in [0.717, 1.165) is 47.5 Å². The second-order valence-electron chi connectivity index (χ2n) is 8.65. The zero-order valence-corrected chi connectivity index (χ0v) is 19.2. The van der Waals surface area contributed by atoms with Gasteiger partial charge in [-0.05, 0) is 55.2 Å². The summed E-state index contributed by atoms with van der Waals surface area (Å²) in [4.78, 5) is 24.5. The fourth-order valence-corrected chi connectivity index (χ4v) is 4.42. The fourth-order valence-electron chi connectivity index (χ4n) is 4.42. The Morgan fingerprint density at radius 2 is 2.03 bits per heavy atom. The van der Waals surface area contributed by atoms with Gasteiger partial charge in [0.2, 0.25) is 5.88 Å². The van der Waals surface area contributed by atoms with Crippen LogP contribution >= 0.6 is 0 Å². The number of ether oxygens (including phenoxy) is 1. The lowest BCUT2D eigenvalue weighted by atomic mass is 9.94. The van der Waals surface area contributed by atoms with Crippen molar-refractivity contribution in [3.63, 3.8) is 0 Å². The SMILES string of the molecule is Cc1cccc(Oc2cncc(C3CCCN(C(=O)c4ccccc4Cn4cccn4)C3)n2)c1. The number of carbonyl (C=O) groups excluding carboxylic acids is 1. The molecule has 1 saturated heterocycles. The van der Waals surface area contributed by atoms with Gasteiger partial charge in [0, 0.05) is 43.2 Å². The van der Waals surface area contributed by atoms with E-state index in [-0.39, 0.29) is 11.8 Å². The zero-order valence-electron chi connectivity index (χ0n) is 19.2. The molecule has 1 aliphatic heterocycles. The molecule has 0 saturated carbocycles. The Hall–Kier alpha value is -4.00. The molecule has 0 bridgehead atoms. The molecule has 1 unspecified atom stereocenters. The number of hydrogen-bond acceptors (Lipinski definition) is 5. The summed E-state index contributed by atoms with van der Waals surface area (Å²) in [7, 11) is 0. The van der Waals surface area contributed by atoms with E-state index in [1.807, 2.05) is 77.3 Å². The minimum Gasteiger partial charge on any atom is -0.437 e. The number of aromatic nitrogens is 4. The summed E-state index contributed by atoms with van der Waals surface area (Å²) < 4.78 is 7.77. The largest absolute Gasteiger partial charge is 0.437 e. The molecule has 5 rings (SSSR count). The average Bonchev–Trinajstić information content (AvgIpc) is 3.37. The number of likely N-dealkylation sites (tertiary alicyclic amines) is 1. The van der Waals surface area contributed by atoms with Crippen molar-refractivity contribution in [2.75, 3.05) is 13.1 Å². The summed E-state index contributed by atoms with van der Waals surface area (Å²) in [6.07, 6.45) is 8.94. The van der Waals surface area contributed by atoms with Crippen molar-refractivity contribution in [3.8, 4) is 11.6 Å². The van der Waals surface area contributed by atoms with Crippen molar-refractivity contribution in [1.82, 2.24) is 24.6 Å². The van der Waals surface area contributed by atoms with Gasteiger partial charge in [0.25, 0.3) is 5.91 Å². The van der Waals surface area contributed by atoms with Crippen LogP contribution in [-0.2, 0) is 6.54 Å². The lowest BCUT2D eigenvalue weighted by Crippen LogP contribution is -2.39. The van der Waals surface area contributed by atoms with Crippen LogP contribution in [0.25, 0.3) is 0 Å². The summed E-state index contributed by atoms with van der Waals surface area (Å²) in [5.74, 6) is 1.37. The fraction of sp³-hybridized carbons (Fsp3) is 0.259. The third kappa shape index (κ3) is 4.98. The Balaban J connectivity index is 1.31. The van der Waals surface area contributed by atoms with E-state index < -0.39 is 0 Å². The van der Waals surface area contributed by atoms with E-state index in [2.05, 4.69) is 10.1 Å². The van der Waals surface area contributed by atoms with Crippen LogP contribution in [0.2, 0.25) is 0 Å². The van der Waals surface area contributed by atoms with E-state index in [9.17, 15) is 4.79 Å². The van der Waals surface area contributed by atoms with Gasteiger partial charge in [0.1, 0.15) is 5.75 Å². The number of nitrogens with zero attached hydrogens (tertiary/aromatic N) is 5. The summed E-state index contributed by atoms with van der Waals surface area (Å²) in [6.45, 7) is 3.93. The molecule has 34 heavy (non-hydrogen) atoms. The molecule has 2 aromatic carbocycles. The first-order valence-corrected chi connectivity index (χ1v) is 11.6. The van der Waals surface area contributed by atoms with Crippen LogP contribution < -0.4 is 4.74 Å². The lowest BCUT2D eigenvalue weighted by Gasteiger charge is -2.33. The zero-order chi connectivity index (χ0) is 23.3. The van der Waals surface area contributed by atoms with E-state index >= 15 is 0 Å². The van der Waals surface area contributed by atoms with Gasteiger partial charge in [0.05, 0.1) is 18.4 Å². The quantitative estimate of drug-likeness (QED) is 0.418. The second kappa shape index (κ2) is 9.87. The molecule has 172 valence electrons. The molecule has 7 nitrogen and oxygen atoms in total. The van der Waals surface area contributed by atoms with Crippen molar-refractivity contribution < 1.29 is 9.53 Å². The first kappa shape index (κ1) is 21.8. The molecule has 1 amide bonds. The normalized spacial score (nSPS) is 15.8. The van der Waals surface area contributed by atoms with E-state index in [1.54, 1.807) is 18.6 Å². The van der Waals surface area contributed by atoms with Crippen molar-refractivity contribution in [3.05, 3.63) is 102 Å². The molecule has 0 spiro atoms. The van der Waals surface area contributed by atoms with Gasteiger partial charge in [-0.25, -0.2) is 4.98 Å². The van der Waals surface area contributed by atoms with Crippen LogP contribution in [0.4, 0.5) is 0 Å². The molecule has 1 atom stereocenters. The highest BCUT2D eigenvalue weighted by Crippen LogP contribution is 2.29. The molecule has 0 aliphatic carbocycles. The van der Waals surface area contributed by atoms with Gasteiger partial charge >= 0.3 is 0 Å². The molecule has 3 heterocycles. The Kier molecular flexibility index (Phi) is 6.33. The minimum absolute atomic E-state index is 0.0487. The van der Waals surface area contributed by atoms with Crippen molar-refractivity contribution >= 4 is 5.91 Å². The van der Waals surface area contributed by atoms with E-state index in [4.69, 9.17) is 9.72 Å². The Labute approximate surface area is 199 Å². The molecule has 1 fully saturated rings. The summed E-state index contributed by atoms with van der Waals surface area (Å²) in [5.41, 5.74) is 3.66. The third-order valence-electron chi connectivity index (χ3n) is 6.11. The molecule has 0 radical (unpaired) electrons. The maximum atomic E-state index is 13.5. The highest BCUT2D eigenvalue weighted by Gasteiger charge is 2.28. The van der Waals surface area contributed by atoms with Gasteiger partial charge in [-0.3, -0.25) is 14.5 Å². The molecule has 1 aliphatic rings. The molecular weight excluding hydrogens is 426 g/mol. The maximum absolute atomic E-state index is 13.5. The van der Waals surface area contributed by atoms with Crippen LogP contribution in [0.5, 0.6) is 11.6 Å². The second-order valence-corrected chi connectivity index (χ2v) is 8.65. The standard InChI is InChI=1S/C27H27N5O2/c1-20-7-4-10-23(15-20)34-26-17-28-16-25(30-26)22-9-5-13-31(18-22)27(33)24-11-3-2-8-21(24)19-32-14-6-12-29-32/h2-4,6-8,10-12,14-17,22H,5,9,13,18-19H2,1H3. The summed E-state index contributed by atoms with van der Waals surface area (Å²) in [5, 5.41) is 4.28. The lowest BCUT2D eigenvalue weighted by molar-refractivity contribution is 0.0704.